The summed E-state index contributed by atoms with van der Waals surface area (Å²) in [5.41, 5.74) is 1.08. The summed E-state index contributed by atoms with van der Waals surface area (Å²) in [4.78, 5) is 0.115. The number of nitrogens with zero attached hydrogens (tertiary/aromatic N) is 3. The van der Waals surface area contributed by atoms with E-state index < -0.39 is 10.0 Å². The number of benzene rings is 1. The molecule has 2 aromatic rings. The fourth-order valence-electron chi connectivity index (χ4n) is 1.99. The van der Waals surface area contributed by atoms with Crippen molar-refractivity contribution in [2.45, 2.75) is 18.4 Å². The molecule has 0 N–H and O–H groups in total. The van der Waals surface area contributed by atoms with Crippen LogP contribution in [0.25, 0.3) is 0 Å². The minimum absolute atomic E-state index is 0.0620. The smallest absolute Gasteiger partial charge is 0.243 e. The second kappa shape index (κ2) is 7.37. The number of aromatic nitrogens is 1. The standard InChI is InChI=1S/C15H17N3O4S/c1-12-9-14(22-17-12)11-18(7-8-21-2)23(19,20)15-5-3-13(10-16)4-6-15/h3-6,9H,7-8,11H2,1-2H3. The summed E-state index contributed by atoms with van der Waals surface area (Å²) in [5, 5.41) is 12.6. The van der Waals surface area contributed by atoms with E-state index in [4.69, 9.17) is 14.5 Å². The third kappa shape index (κ3) is 4.16. The van der Waals surface area contributed by atoms with Crippen LogP contribution in [0.3, 0.4) is 0 Å². The number of methoxy groups -OCH3 is 1. The lowest BCUT2D eigenvalue weighted by Gasteiger charge is -2.20. The highest BCUT2D eigenvalue weighted by molar-refractivity contribution is 7.89. The van der Waals surface area contributed by atoms with Crippen molar-refractivity contribution in [3.8, 4) is 6.07 Å². The van der Waals surface area contributed by atoms with E-state index in [-0.39, 0.29) is 24.6 Å². The highest BCUT2D eigenvalue weighted by atomic mass is 32.2. The Bertz CT molecular complexity index is 791. The molecule has 0 saturated carbocycles. The summed E-state index contributed by atoms with van der Waals surface area (Å²) >= 11 is 0. The van der Waals surface area contributed by atoms with Crippen molar-refractivity contribution in [3.63, 3.8) is 0 Å². The molecule has 0 radical (unpaired) electrons. The van der Waals surface area contributed by atoms with Crippen molar-refractivity contribution in [1.82, 2.24) is 9.46 Å². The van der Waals surface area contributed by atoms with Gasteiger partial charge in [0.05, 0.1) is 35.4 Å². The van der Waals surface area contributed by atoms with Gasteiger partial charge in [-0.25, -0.2) is 8.42 Å². The molecule has 0 saturated heterocycles. The molecular formula is C15H17N3O4S. The third-order valence-corrected chi connectivity index (χ3v) is 5.03. The second-order valence-corrected chi connectivity index (χ2v) is 6.84. The van der Waals surface area contributed by atoms with Crippen LogP contribution < -0.4 is 0 Å². The predicted octanol–water partition coefficient (Wildman–Crippen LogP) is 1.69. The van der Waals surface area contributed by atoms with Crippen molar-refractivity contribution in [1.29, 1.82) is 5.26 Å². The van der Waals surface area contributed by atoms with Crippen molar-refractivity contribution in [2.75, 3.05) is 20.3 Å². The molecule has 122 valence electrons. The molecule has 0 aliphatic carbocycles. The predicted molar refractivity (Wildman–Crippen MR) is 81.9 cm³/mol. The Morgan fingerprint density at radius 2 is 2.04 bits per heavy atom. The van der Waals surface area contributed by atoms with Crippen LogP contribution in [0.4, 0.5) is 0 Å². The highest BCUT2D eigenvalue weighted by Gasteiger charge is 2.25. The first-order chi connectivity index (χ1) is 11.0. The van der Waals surface area contributed by atoms with Crippen LogP contribution in [0.1, 0.15) is 17.0 Å². The molecule has 0 aliphatic heterocycles. The van der Waals surface area contributed by atoms with Gasteiger partial charge in [-0.3, -0.25) is 0 Å². The summed E-state index contributed by atoms with van der Waals surface area (Å²) < 4.78 is 36.9. The van der Waals surface area contributed by atoms with Crippen molar-refractivity contribution in [3.05, 3.63) is 47.3 Å². The lowest BCUT2D eigenvalue weighted by molar-refractivity contribution is 0.173. The molecule has 2 rings (SSSR count). The third-order valence-electron chi connectivity index (χ3n) is 3.17. The van der Waals surface area contributed by atoms with Crippen LogP contribution in [0.2, 0.25) is 0 Å². The Balaban J connectivity index is 2.29. The van der Waals surface area contributed by atoms with Crippen LogP contribution in [0, 0.1) is 18.3 Å². The summed E-state index contributed by atoms with van der Waals surface area (Å²) in [6.07, 6.45) is 0. The van der Waals surface area contributed by atoms with Gasteiger partial charge in [-0.1, -0.05) is 5.16 Å². The topological polar surface area (TPSA) is 96.4 Å². The molecule has 1 heterocycles. The first kappa shape index (κ1) is 17.1. The molecule has 7 nitrogen and oxygen atoms in total. The fraction of sp³-hybridized carbons (Fsp3) is 0.333. The number of ether oxygens (including phenoxy) is 1. The lowest BCUT2D eigenvalue weighted by atomic mass is 10.2. The van der Waals surface area contributed by atoms with Gasteiger partial charge in [0.25, 0.3) is 0 Å². The van der Waals surface area contributed by atoms with E-state index >= 15 is 0 Å². The van der Waals surface area contributed by atoms with Crippen molar-refractivity contribution in [2.24, 2.45) is 0 Å². The molecular weight excluding hydrogens is 318 g/mol. The molecule has 0 amide bonds. The Hall–Kier alpha value is -2.21. The first-order valence-electron chi connectivity index (χ1n) is 6.89. The Labute approximate surface area is 135 Å². The maximum absolute atomic E-state index is 12.8. The SMILES string of the molecule is COCCN(Cc1cc(C)no1)S(=O)(=O)c1ccc(C#N)cc1. The average molecular weight is 335 g/mol. The van der Waals surface area contributed by atoms with E-state index in [9.17, 15) is 8.42 Å². The first-order valence-corrected chi connectivity index (χ1v) is 8.33. The van der Waals surface area contributed by atoms with Gasteiger partial charge >= 0.3 is 0 Å². The van der Waals surface area contributed by atoms with Crippen molar-refractivity contribution < 1.29 is 17.7 Å². The zero-order valence-corrected chi connectivity index (χ0v) is 13.7. The van der Waals surface area contributed by atoms with Crippen LogP contribution in [-0.2, 0) is 21.3 Å². The van der Waals surface area contributed by atoms with Gasteiger partial charge in [-0.05, 0) is 31.2 Å². The van der Waals surface area contributed by atoms with Crippen molar-refractivity contribution >= 4 is 10.0 Å². The normalized spacial score (nSPS) is 11.6. The molecule has 1 aromatic heterocycles. The number of nitriles is 1. The van der Waals surface area contributed by atoms with Gasteiger partial charge in [-0.15, -0.1) is 0 Å². The molecule has 0 spiro atoms. The molecule has 0 atom stereocenters. The molecule has 0 aliphatic rings. The largest absolute Gasteiger partial charge is 0.383 e. The van der Waals surface area contributed by atoms with Gasteiger partial charge in [0, 0.05) is 19.7 Å². The second-order valence-electron chi connectivity index (χ2n) is 4.90. The summed E-state index contributed by atoms with van der Waals surface area (Å²) in [5.74, 6) is 0.454. The highest BCUT2D eigenvalue weighted by Crippen LogP contribution is 2.19. The van der Waals surface area contributed by atoms with E-state index in [1.54, 1.807) is 13.0 Å². The Kier molecular flexibility index (Phi) is 5.50. The Morgan fingerprint density at radius 3 is 2.57 bits per heavy atom. The number of hydrogen-bond donors (Lipinski definition) is 0. The quantitative estimate of drug-likeness (QED) is 0.764. The minimum Gasteiger partial charge on any atom is -0.383 e. The average Bonchev–Trinajstić information content (AvgIpc) is 2.96. The maximum atomic E-state index is 12.8. The molecule has 0 bridgehead atoms. The number of aryl methyl sites for hydroxylation is 1. The van der Waals surface area contributed by atoms with Gasteiger partial charge in [-0.2, -0.15) is 9.57 Å². The summed E-state index contributed by atoms with van der Waals surface area (Å²) in [6.45, 7) is 2.26. The minimum atomic E-state index is -3.73. The number of rotatable bonds is 7. The fourth-order valence-corrected chi connectivity index (χ4v) is 3.38. The molecule has 0 unspecified atom stereocenters. The molecule has 1 aromatic carbocycles. The van der Waals surface area contributed by atoms with E-state index in [0.29, 0.717) is 17.0 Å². The van der Waals surface area contributed by atoms with Crippen LogP contribution in [0.5, 0.6) is 0 Å². The molecule has 23 heavy (non-hydrogen) atoms. The van der Waals surface area contributed by atoms with E-state index in [1.807, 2.05) is 6.07 Å². The molecule has 8 heteroatoms. The van der Waals surface area contributed by atoms with E-state index in [0.717, 1.165) is 0 Å². The van der Waals surface area contributed by atoms with Gasteiger partial charge in [0.2, 0.25) is 10.0 Å². The van der Waals surface area contributed by atoms with Crippen LogP contribution in [-0.4, -0.2) is 38.1 Å². The maximum Gasteiger partial charge on any atom is 0.243 e. The van der Waals surface area contributed by atoms with Gasteiger partial charge in [0.1, 0.15) is 0 Å². The molecule has 0 fully saturated rings. The zero-order valence-electron chi connectivity index (χ0n) is 12.9. The number of sulfonamides is 1. The van der Waals surface area contributed by atoms with Crippen LogP contribution in [0.15, 0.2) is 39.8 Å². The Morgan fingerprint density at radius 1 is 1.35 bits per heavy atom. The lowest BCUT2D eigenvalue weighted by Crippen LogP contribution is -2.33. The van der Waals surface area contributed by atoms with Gasteiger partial charge in [0.15, 0.2) is 5.76 Å². The van der Waals surface area contributed by atoms with E-state index in [2.05, 4.69) is 5.16 Å². The van der Waals surface area contributed by atoms with E-state index in [1.165, 1.54) is 35.7 Å². The van der Waals surface area contributed by atoms with Gasteiger partial charge < -0.3 is 9.26 Å². The summed E-state index contributed by atoms with van der Waals surface area (Å²) in [7, 11) is -2.23. The number of hydrogen-bond acceptors (Lipinski definition) is 6. The summed E-state index contributed by atoms with van der Waals surface area (Å²) in [6, 6.07) is 9.43. The zero-order chi connectivity index (χ0) is 16.9. The van der Waals surface area contributed by atoms with Crippen LogP contribution >= 0.6 is 0 Å². The monoisotopic (exact) mass is 335 g/mol.